The zero-order valence-corrected chi connectivity index (χ0v) is 13.6. The summed E-state index contributed by atoms with van der Waals surface area (Å²) in [6, 6.07) is 3.62. The lowest BCUT2D eigenvalue weighted by Gasteiger charge is -2.19. The molecule has 0 unspecified atom stereocenters. The van der Waals surface area contributed by atoms with Crippen molar-refractivity contribution in [3.05, 3.63) is 24.2 Å². The minimum Gasteiger partial charge on any atom is -0.374 e. The molecule has 8 heteroatoms. The maximum atomic E-state index is 12.2. The highest BCUT2D eigenvalue weighted by Crippen LogP contribution is 2.26. The second-order valence-electron chi connectivity index (χ2n) is 6.01. The van der Waals surface area contributed by atoms with Crippen LogP contribution in [0.1, 0.15) is 19.7 Å². The lowest BCUT2D eigenvalue weighted by Crippen LogP contribution is -2.26. The average molecular weight is 326 g/mol. The SMILES string of the molecule is CN(C)c1cc(-c2noc(C(C)(C)COCC(F)F)n2)ccn1. The summed E-state index contributed by atoms with van der Waals surface area (Å²) in [7, 11) is 3.77. The lowest BCUT2D eigenvalue weighted by molar-refractivity contribution is -0.00239. The fourth-order valence-corrected chi connectivity index (χ4v) is 1.88. The van der Waals surface area contributed by atoms with E-state index < -0.39 is 18.4 Å². The van der Waals surface area contributed by atoms with E-state index in [0.717, 1.165) is 11.4 Å². The van der Waals surface area contributed by atoms with Gasteiger partial charge in [0.2, 0.25) is 11.7 Å². The molecular formula is C15H20F2N4O2. The van der Waals surface area contributed by atoms with E-state index in [4.69, 9.17) is 9.26 Å². The van der Waals surface area contributed by atoms with Gasteiger partial charge in [0.15, 0.2) is 0 Å². The maximum Gasteiger partial charge on any atom is 0.261 e. The molecule has 2 aromatic rings. The normalized spacial score (nSPS) is 12.0. The Kier molecular flexibility index (Phi) is 5.25. The van der Waals surface area contributed by atoms with Gasteiger partial charge in [-0.3, -0.25) is 0 Å². The average Bonchev–Trinajstić information content (AvgIpc) is 2.97. The van der Waals surface area contributed by atoms with E-state index in [-0.39, 0.29) is 6.61 Å². The first-order valence-corrected chi connectivity index (χ1v) is 7.13. The number of ether oxygens (including phenoxy) is 1. The van der Waals surface area contributed by atoms with Gasteiger partial charge in [-0.25, -0.2) is 13.8 Å². The first-order chi connectivity index (χ1) is 10.8. The van der Waals surface area contributed by atoms with Crippen molar-refractivity contribution in [3.8, 4) is 11.4 Å². The van der Waals surface area contributed by atoms with Crippen LogP contribution in [0.15, 0.2) is 22.9 Å². The van der Waals surface area contributed by atoms with Gasteiger partial charge in [-0.2, -0.15) is 4.98 Å². The highest BCUT2D eigenvalue weighted by atomic mass is 19.3. The number of halogens is 2. The highest BCUT2D eigenvalue weighted by Gasteiger charge is 2.29. The Balaban J connectivity index is 2.15. The van der Waals surface area contributed by atoms with Gasteiger partial charge in [-0.05, 0) is 26.0 Å². The Morgan fingerprint density at radius 1 is 1.35 bits per heavy atom. The second-order valence-corrected chi connectivity index (χ2v) is 6.01. The van der Waals surface area contributed by atoms with E-state index in [9.17, 15) is 8.78 Å². The number of hydrogen-bond acceptors (Lipinski definition) is 6. The Bertz CT molecular complexity index is 644. The fraction of sp³-hybridized carbons (Fsp3) is 0.533. The summed E-state index contributed by atoms with van der Waals surface area (Å²) in [5.74, 6) is 1.53. The van der Waals surface area contributed by atoms with Crippen LogP contribution in [0.2, 0.25) is 0 Å². The molecule has 0 radical (unpaired) electrons. The number of rotatable bonds is 7. The number of hydrogen-bond donors (Lipinski definition) is 0. The van der Waals surface area contributed by atoms with E-state index in [1.807, 2.05) is 25.1 Å². The van der Waals surface area contributed by atoms with Crippen LogP contribution in [0.25, 0.3) is 11.4 Å². The molecule has 0 atom stereocenters. The third-order valence-corrected chi connectivity index (χ3v) is 3.17. The number of anilines is 1. The van der Waals surface area contributed by atoms with E-state index in [1.54, 1.807) is 26.1 Å². The molecule has 0 saturated heterocycles. The Hall–Kier alpha value is -2.09. The molecule has 0 aromatic carbocycles. The fourth-order valence-electron chi connectivity index (χ4n) is 1.88. The summed E-state index contributed by atoms with van der Waals surface area (Å²) in [4.78, 5) is 10.5. The van der Waals surface area contributed by atoms with Crippen LogP contribution in [-0.2, 0) is 10.2 Å². The predicted octanol–water partition coefficient (Wildman–Crippen LogP) is 2.76. The van der Waals surface area contributed by atoms with Crippen LogP contribution in [0.3, 0.4) is 0 Å². The highest BCUT2D eigenvalue weighted by molar-refractivity contribution is 5.59. The lowest BCUT2D eigenvalue weighted by atomic mass is 9.95. The second kappa shape index (κ2) is 6.99. The predicted molar refractivity (Wildman–Crippen MR) is 81.7 cm³/mol. The van der Waals surface area contributed by atoms with E-state index in [0.29, 0.717) is 11.7 Å². The molecule has 0 spiro atoms. The van der Waals surface area contributed by atoms with Gasteiger partial charge in [-0.15, -0.1) is 0 Å². The molecule has 126 valence electrons. The van der Waals surface area contributed by atoms with Crippen molar-refractivity contribution in [2.45, 2.75) is 25.7 Å². The topological polar surface area (TPSA) is 64.3 Å². The molecule has 2 heterocycles. The third kappa shape index (κ3) is 4.44. The molecule has 6 nitrogen and oxygen atoms in total. The molecule has 0 N–H and O–H groups in total. The van der Waals surface area contributed by atoms with Gasteiger partial charge in [0.25, 0.3) is 6.43 Å². The Morgan fingerprint density at radius 2 is 2.09 bits per heavy atom. The minimum atomic E-state index is -2.50. The molecule has 0 aliphatic carbocycles. The number of alkyl halides is 2. The third-order valence-electron chi connectivity index (χ3n) is 3.17. The molecule has 0 fully saturated rings. The molecule has 0 aliphatic heterocycles. The monoisotopic (exact) mass is 326 g/mol. The molecule has 2 aromatic heterocycles. The van der Waals surface area contributed by atoms with E-state index >= 15 is 0 Å². The molecule has 0 saturated carbocycles. The van der Waals surface area contributed by atoms with E-state index in [2.05, 4.69) is 15.1 Å². The quantitative estimate of drug-likeness (QED) is 0.779. The van der Waals surface area contributed by atoms with Crippen molar-refractivity contribution in [1.29, 1.82) is 0 Å². The molecule has 0 bridgehead atoms. The number of pyridine rings is 1. The zero-order valence-electron chi connectivity index (χ0n) is 13.6. The van der Waals surface area contributed by atoms with Crippen molar-refractivity contribution >= 4 is 5.82 Å². The van der Waals surface area contributed by atoms with Gasteiger partial charge >= 0.3 is 0 Å². The first kappa shape index (κ1) is 17.3. The van der Waals surface area contributed by atoms with Crippen molar-refractivity contribution in [2.75, 3.05) is 32.2 Å². The van der Waals surface area contributed by atoms with Crippen LogP contribution >= 0.6 is 0 Å². The summed E-state index contributed by atoms with van der Waals surface area (Å²) in [6.45, 7) is 3.06. The zero-order chi connectivity index (χ0) is 17.0. The minimum absolute atomic E-state index is 0.0677. The summed E-state index contributed by atoms with van der Waals surface area (Å²) < 4.78 is 34.6. The molecule has 2 rings (SSSR count). The van der Waals surface area contributed by atoms with Gasteiger partial charge in [0.1, 0.15) is 12.4 Å². The molecule has 23 heavy (non-hydrogen) atoms. The van der Waals surface area contributed by atoms with Crippen molar-refractivity contribution in [1.82, 2.24) is 15.1 Å². The summed E-state index contributed by atoms with van der Waals surface area (Å²) in [5.41, 5.74) is 0.111. The largest absolute Gasteiger partial charge is 0.374 e. The first-order valence-electron chi connectivity index (χ1n) is 7.13. The van der Waals surface area contributed by atoms with Crippen LogP contribution in [0.5, 0.6) is 0 Å². The number of nitrogens with zero attached hydrogens (tertiary/aromatic N) is 4. The maximum absolute atomic E-state index is 12.2. The standard InChI is InChI=1S/C15H20F2N4O2/c1-15(2,9-22-8-11(16)17)14-19-13(20-23-14)10-5-6-18-12(7-10)21(3)4/h5-7,11H,8-9H2,1-4H3. The summed E-state index contributed by atoms with van der Waals surface area (Å²) in [6.07, 6.45) is -0.831. The van der Waals surface area contributed by atoms with E-state index in [1.165, 1.54) is 0 Å². The van der Waals surface area contributed by atoms with Crippen molar-refractivity contribution in [3.63, 3.8) is 0 Å². The molecule has 0 amide bonds. The van der Waals surface area contributed by atoms with Crippen LogP contribution < -0.4 is 4.90 Å². The van der Waals surface area contributed by atoms with Crippen molar-refractivity contribution < 1.29 is 18.0 Å². The Labute approximate surface area is 133 Å². The van der Waals surface area contributed by atoms with Gasteiger partial charge in [0.05, 0.1) is 12.0 Å². The van der Waals surface area contributed by atoms with Crippen LogP contribution in [0.4, 0.5) is 14.6 Å². The smallest absolute Gasteiger partial charge is 0.261 e. The van der Waals surface area contributed by atoms with Gasteiger partial charge < -0.3 is 14.2 Å². The van der Waals surface area contributed by atoms with Crippen LogP contribution in [0, 0.1) is 0 Å². The summed E-state index contributed by atoms with van der Waals surface area (Å²) >= 11 is 0. The Morgan fingerprint density at radius 3 is 2.74 bits per heavy atom. The van der Waals surface area contributed by atoms with Crippen LogP contribution in [-0.4, -0.2) is 48.9 Å². The number of aromatic nitrogens is 3. The van der Waals surface area contributed by atoms with Crippen molar-refractivity contribution in [2.24, 2.45) is 0 Å². The van der Waals surface area contributed by atoms with Gasteiger partial charge in [-0.1, -0.05) is 5.16 Å². The molecular weight excluding hydrogens is 306 g/mol. The van der Waals surface area contributed by atoms with Gasteiger partial charge in [0, 0.05) is 25.9 Å². The molecule has 0 aliphatic rings. The summed E-state index contributed by atoms with van der Waals surface area (Å²) in [5, 5.41) is 3.96.